The van der Waals surface area contributed by atoms with E-state index >= 15 is 0 Å². The molecule has 0 aliphatic heterocycles. The zero-order valence-corrected chi connectivity index (χ0v) is 14.0. The zero-order valence-electron chi connectivity index (χ0n) is 14.0. The molecule has 132 valence electrons. The molecule has 0 aromatic heterocycles. The second-order valence-electron chi connectivity index (χ2n) is 5.27. The maximum Gasteiger partial charge on any atom is 0.266 e. The van der Waals surface area contributed by atoms with Gasteiger partial charge in [0.25, 0.3) is 11.6 Å². The Hall–Kier alpha value is -3.86. The first-order valence-corrected chi connectivity index (χ1v) is 7.39. The average molecular weight is 352 g/mol. The number of benzene rings is 2. The van der Waals surface area contributed by atoms with Gasteiger partial charge in [0, 0.05) is 17.5 Å². The summed E-state index contributed by atoms with van der Waals surface area (Å²) in [4.78, 5) is 22.5. The normalized spacial score (nSPS) is 10.7. The number of amides is 1. The van der Waals surface area contributed by atoms with Crippen LogP contribution in [0.5, 0.6) is 11.5 Å². The lowest BCUT2D eigenvalue weighted by Gasteiger charge is -2.13. The van der Waals surface area contributed by atoms with Crippen LogP contribution in [0.2, 0.25) is 0 Å². The van der Waals surface area contributed by atoms with Crippen LogP contribution in [0.3, 0.4) is 0 Å². The van der Waals surface area contributed by atoms with Crippen molar-refractivity contribution in [1.29, 1.82) is 5.26 Å². The van der Waals surface area contributed by atoms with Gasteiger partial charge in [0.05, 0.1) is 12.0 Å². The molecule has 2 aromatic carbocycles. The number of para-hydroxylation sites is 1. The van der Waals surface area contributed by atoms with Gasteiger partial charge in [0.15, 0.2) is 0 Å². The first-order chi connectivity index (χ1) is 12.4. The molecule has 0 atom stereocenters. The van der Waals surface area contributed by atoms with Crippen LogP contribution >= 0.6 is 0 Å². The van der Waals surface area contributed by atoms with Gasteiger partial charge < -0.3 is 15.2 Å². The number of hydrogen-bond donors (Lipinski definition) is 1. The van der Waals surface area contributed by atoms with Crippen molar-refractivity contribution in [2.24, 2.45) is 0 Å². The summed E-state index contributed by atoms with van der Waals surface area (Å²) in [7, 11) is 1.20. The number of nitro benzene ring substituents is 1. The van der Waals surface area contributed by atoms with Crippen LogP contribution in [0.15, 0.2) is 42.0 Å². The maximum atomic E-state index is 12.3. The molecule has 0 bridgehead atoms. The standard InChI is InChI=1S/C18H15N3O5/c1-11-5-3-4-6-14(11)20-18(23)13(10-19)7-12-8-15(21(24)25)17(22)16(9-12)26-2/h3-9,22H,1-2H3,(H,20,23)/p-1/b13-7+. The van der Waals surface area contributed by atoms with Gasteiger partial charge in [-0.3, -0.25) is 14.9 Å². The Labute approximate surface area is 149 Å². The van der Waals surface area contributed by atoms with Crippen molar-refractivity contribution in [2.75, 3.05) is 12.4 Å². The molecular weight excluding hydrogens is 338 g/mol. The summed E-state index contributed by atoms with van der Waals surface area (Å²) in [6.07, 6.45) is 1.16. The third-order valence-electron chi connectivity index (χ3n) is 3.54. The van der Waals surface area contributed by atoms with Crippen LogP contribution in [0.25, 0.3) is 6.08 Å². The number of rotatable bonds is 5. The van der Waals surface area contributed by atoms with Gasteiger partial charge in [0.1, 0.15) is 17.4 Å². The second kappa shape index (κ2) is 7.81. The highest BCUT2D eigenvalue weighted by Crippen LogP contribution is 2.35. The van der Waals surface area contributed by atoms with Gasteiger partial charge >= 0.3 is 0 Å². The smallest absolute Gasteiger partial charge is 0.266 e. The van der Waals surface area contributed by atoms with Crippen molar-refractivity contribution >= 4 is 23.4 Å². The predicted molar refractivity (Wildman–Crippen MR) is 92.5 cm³/mol. The highest BCUT2D eigenvalue weighted by Gasteiger charge is 2.15. The summed E-state index contributed by atoms with van der Waals surface area (Å²) in [5, 5.41) is 34.7. The van der Waals surface area contributed by atoms with Crippen LogP contribution in [0.4, 0.5) is 11.4 Å². The van der Waals surface area contributed by atoms with Crippen molar-refractivity contribution in [3.05, 3.63) is 63.2 Å². The Morgan fingerprint density at radius 2 is 2.04 bits per heavy atom. The minimum absolute atomic E-state index is 0.129. The molecule has 0 unspecified atom stereocenters. The fraction of sp³-hybridized carbons (Fsp3) is 0.111. The quantitative estimate of drug-likeness (QED) is 0.381. The minimum Gasteiger partial charge on any atom is -0.865 e. The van der Waals surface area contributed by atoms with Crippen molar-refractivity contribution < 1.29 is 19.6 Å². The van der Waals surface area contributed by atoms with Crippen LogP contribution in [-0.4, -0.2) is 17.9 Å². The molecule has 0 heterocycles. The lowest BCUT2D eigenvalue weighted by Crippen LogP contribution is -2.14. The Kier molecular flexibility index (Phi) is 5.55. The number of nitro groups is 1. The van der Waals surface area contributed by atoms with E-state index < -0.39 is 22.3 Å². The summed E-state index contributed by atoms with van der Waals surface area (Å²) >= 11 is 0. The molecule has 0 aliphatic rings. The van der Waals surface area contributed by atoms with E-state index in [1.807, 2.05) is 6.07 Å². The van der Waals surface area contributed by atoms with Gasteiger partial charge in [-0.15, -0.1) is 0 Å². The van der Waals surface area contributed by atoms with Crippen LogP contribution in [0.1, 0.15) is 11.1 Å². The van der Waals surface area contributed by atoms with Crippen molar-refractivity contribution in [2.45, 2.75) is 6.92 Å². The predicted octanol–water partition coefficient (Wildman–Crippen LogP) is 2.53. The van der Waals surface area contributed by atoms with Gasteiger partial charge in [-0.05, 0) is 36.3 Å². The highest BCUT2D eigenvalue weighted by atomic mass is 16.6. The molecule has 0 spiro atoms. The number of nitrogens with zero attached hydrogens (tertiary/aromatic N) is 2. The van der Waals surface area contributed by atoms with Crippen LogP contribution < -0.4 is 15.2 Å². The fourth-order valence-corrected chi connectivity index (χ4v) is 2.20. The molecular formula is C18H14N3O5-. The summed E-state index contributed by atoms with van der Waals surface area (Å²) in [5.74, 6) is -1.80. The van der Waals surface area contributed by atoms with Crippen molar-refractivity contribution in [1.82, 2.24) is 0 Å². The first-order valence-electron chi connectivity index (χ1n) is 7.39. The topological polar surface area (TPSA) is 128 Å². The fourth-order valence-electron chi connectivity index (χ4n) is 2.20. The first kappa shape index (κ1) is 18.5. The summed E-state index contributed by atoms with van der Waals surface area (Å²) in [6, 6.07) is 11.0. The second-order valence-corrected chi connectivity index (χ2v) is 5.27. The van der Waals surface area contributed by atoms with Gasteiger partial charge in [-0.1, -0.05) is 18.2 Å². The number of anilines is 1. The van der Waals surface area contributed by atoms with E-state index in [4.69, 9.17) is 4.74 Å². The summed E-state index contributed by atoms with van der Waals surface area (Å²) in [6.45, 7) is 1.80. The Morgan fingerprint density at radius 1 is 1.35 bits per heavy atom. The Morgan fingerprint density at radius 3 is 2.62 bits per heavy atom. The molecule has 0 saturated heterocycles. The van der Waals surface area contributed by atoms with E-state index in [9.17, 15) is 25.3 Å². The summed E-state index contributed by atoms with van der Waals surface area (Å²) < 4.78 is 4.83. The molecule has 8 heteroatoms. The van der Waals surface area contributed by atoms with Gasteiger partial charge in [-0.25, -0.2) is 0 Å². The Balaban J connectivity index is 2.41. The number of hydrogen-bond acceptors (Lipinski definition) is 6. The molecule has 8 nitrogen and oxygen atoms in total. The molecule has 0 fully saturated rings. The van der Waals surface area contributed by atoms with E-state index in [2.05, 4.69) is 5.32 Å². The van der Waals surface area contributed by atoms with Gasteiger partial charge in [-0.2, -0.15) is 5.26 Å². The number of carbonyl (C=O) groups excluding carboxylic acids is 1. The van der Waals surface area contributed by atoms with E-state index in [0.717, 1.165) is 17.7 Å². The molecule has 1 amide bonds. The molecule has 2 rings (SSSR count). The van der Waals surface area contributed by atoms with E-state index in [1.54, 1.807) is 31.2 Å². The van der Waals surface area contributed by atoms with Gasteiger partial charge in [0.2, 0.25) is 0 Å². The molecule has 0 aliphatic carbocycles. The number of methoxy groups -OCH3 is 1. The lowest BCUT2D eigenvalue weighted by atomic mass is 10.1. The van der Waals surface area contributed by atoms with E-state index in [-0.39, 0.29) is 16.9 Å². The molecule has 26 heavy (non-hydrogen) atoms. The number of ether oxygens (including phenoxy) is 1. The van der Waals surface area contributed by atoms with E-state index in [0.29, 0.717) is 5.69 Å². The minimum atomic E-state index is -0.877. The monoisotopic (exact) mass is 352 g/mol. The molecule has 2 aromatic rings. The largest absolute Gasteiger partial charge is 0.865 e. The molecule has 0 saturated carbocycles. The van der Waals surface area contributed by atoms with Crippen LogP contribution in [-0.2, 0) is 4.79 Å². The number of aryl methyl sites for hydroxylation is 1. The number of nitriles is 1. The number of carbonyl (C=O) groups is 1. The maximum absolute atomic E-state index is 12.3. The third kappa shape index (κ3) is 3.96. The highest BCUT2D eigenvalue weighted by molar-refractivity contribution is 6.10. The molecule has 1 N–H and O–H groups in total. The van der Waals surface area contributed by atoms with E-state index in [1.165, 1.54) is 13.2 Å². The van der Waals surface area contributed by atoms with Crippen molar-refractivity contribution in [3.8, 4) is 17.6 Å². The summed E-state index contributed by atoms with van der Waals surface area (Å²) in [5.41, 5.74) is 0.503. The lowest BCUT2D eigenvalue weighted by molar-refractivity contribution is -0.398. The van der Waals surface area contributed by atoms with Crippen LogP contribution in [0, 0.1) is 28.4 Å². The Bertz CT molecular complexity index is 944. The number of nitrogens with one attached hydrogen (secondary N) is 1. The zero-order chi connectivity index (χ0) is 19.3. The molecule has 0 radical (unpaired) electrons. The van der Waals surface area contributed by atoms with Crippen molar-refractivity contribution in [3.63, 3.8) is 0 Å². The third-order valence-corrected chi connectivity index (χ3v) is 3.54. The SMILES string of the molecule is COc1cc(/C=C(\C#N)C(=O)Nc2ccccc2C)cc([N+](=O)[O-])c1[O-]. The average Bonchev–Trinajstić information content (AvgIpc) is 2.62.